The minimum absolute atomic E-state index is 0.174. The molecule has 6 nitrogen and oxygen atoms in total. The van der Waals surface area contributed by atoms with Crippen molar-refractivity contribution in [3.8, 4) is 5.69 Å². The highest BCUT2D eigenvalue weighted by Gasteiger charge is 2.01. The third kappa shape index (κ3) is 4.42. The second-order valence-corrected chi connectivity index (χ2v) is 5.34. The number of hydrogen-bond acceptors (Lipinski definition) is 3. The molecule has 2 heterocycles. The number of carbonyl (C=O) groups excluding carboxylic acids is 1. The Morgan fingerprint density at radius 3 is 2.58 bits per heavy atom. The molecular weight excluding hydrogens is 302 g/mol. The molecule has 2 N–H and O–H groups in total. The van der Waals surface area contributed by atoms with Gasteiger partial charge in [0.15, 0.2) is 0 Å². The van der Waals surface area contributed by atoms with Gasteiger partial charge in [0.05, 0.1) is 5.69 Å². The topological polar surface area (TPSA) is 71.8 Å². The molecule has 0 radical (unpaired) electrons. The lowest BCUT2D eigenvalue weighted by Gasteiger charge is -2.08. The Morgan fingerprint density at radius 2 is 1.88 bits per heavy atom. The van der Waals surface area contributed by atoms with Crippen molar-refractivity contribution in [3.05, 3.63) is 78.4 Å². The number of rotatable bonds is 6. The van der Waals surface area contributed by atoms with Crippen LogP contribution in [-0.4, -0.2) is 27.3 Å². The van der Waals surface area contributed by atoms with Crippen LogP contribution in [0.2, 0.25) is 0 Å². The first kappa shape index (κ1) is 15.7. The molecule has 0 aliphatic carbocycles. The minimum atomic E-state index is -0.174. The second kappa shape index (κ2) is 7.92. The van der Waals surface area contributed by atoms with Crippen LogP contribution in [0.15, 0.2) is 67.3 Å². The lowest BCUT2D eigenvalue weighted by Crippen LogP contribution is -2.36. The Morgan fingerprint density at radius 1 is 1.00 bits per heavy atom. The van der Waals surface area contributed by atoms with Gasteiger partial charge in [-0.3, -0.25) is 4.98 Å². The highest BCUT2D eigenvalue weighted by Crippen LogP contribution is 2.08. The first-order chi connectivity index (χ1) is 11.8. The van der Waals surface area contributed by atoms with E-state index in [1.807, 2.05) is 53.3 Å². The zero-order valence-electron chi connectivity index (χ0n) is 13.2. The fraction of sp³-hybridized carbons (Fsp3) is 0.167. The lowest BCUT2D eigenvalue weighted by atomic mass is 10.1. The van der Waals surface area contributed by atoms with E-state index in [0.29, 0.717) is 13.1 Å². The van der Waals surface area contributed by atoms with Gasteiger partial charge in [-0.15, -0.1) is 0 Å². The maximum Gasteiger partial charge on any atom is 0.315 e. The molecule has 0 fully saturated rings. The summed E-state index contributed by atoms with van der Waals surface area (Å²) in [6.07, 6.45) is 7.88. The van der Waals surface area contributed by atoms with E-state index in [1.165, 1.54) is 5.56 Å². The number of nitrogens with one attached hydrogen (secondary N) is 2. The van der Waals surface area contributed by atoms with E-state index < -0.39 is 0 Å². The van der Waals surface area contributed by atoms with Crippen molar-refractivity contribution in [2.75, 3.05) is 6.54 Å². The van der Waals surface area contributed by atoms with E-state index in [-0.39, 0.29) is 6.03 Å². The van der Waals surface area contributed by atoms with E-state index in [4.69, 9.17) is 0 Å². The van der Waals surface area contributed by atoms with E-state index in [2.05, 4.69) is 20.7 Å². The number of benzene rings is 1. The molecule has 3 rings (SSSR count). The van der Waals surface area contributed by atoms with Crippen LogP contribution in [0.25, 0.3) is 5.69 Å². The van der Waals surface area contributed by atoms with Gasteiger partial charge in [-0.1, -0.05) is 18.2 Å². The molecule has 0 spiro atoms. The number of hydrogen-bond donors (Lipinski definition) is 2. The van der Waals surface area contributed by atoms with Crippen LogP contribution in [0.4, 0.5) is 4.79 Å². The zero-order valence-corrected chi connectivity index (χ0v) is 13.2. The molecule has 0 aliphatic rings. The summed E-state index contributed by atoms with van der Waals surface area (Å²) in [4.78, 5) is 15.8. The summed E-state index contributed by atoms with van der Waals surface area (Å²) in [7, 11) is 0. The molecule has 0 aliphatic heterocycles. The molecule has 3 aromatic rings. The maximum absolute atomic E-state index is 11.8. The van der Waals surface area contributed by atoms with Crippen molar-refractivity contribution in [1.82, 2.24) is 25.4 Å². The summed E-state index contributed by atoms with van der Waals surface area (Å²) < 4.78 is 1.81. The van der Waals surface area contributed by atoms with Crippen LogP contribution < -0.4 is 10.6 Å². The fourth-order valence-corrected chi connectivity index (χ4v) is 2.30. The number of nitrogens with zero attached hydrogens (tertiary/aromatic N) is 3. The van der Waals surface area contributed by atoms with Gasteiger partial charge in [0.1, 0.15) is 0 Å². The molecule has 2 amide bonds. The summed E-state index contributed by atoms with van der Waals surface area (Å²) in [5.74, 6) is 0. The third-order valence-electron chi connectivity index (χ3n) is 3.58. The Hall–Kier alpha value is -3.15. The third-order valence-corrected chi connectivity index (χ3v) is 3.58. The summed E-state index contributed by atoms with van der Waals surface area (Å²) in [5, 5.41) is 9.86. The highest BCUT2D eigenvalue weighted by atomic mass is 16.2. The smallest absolute Gasteiger partial charge is 0.315 e. The van der Waals surface area contributed by atoms with Gasteiger partial charge in [-0.25, -0.2) is 9.48 Å². The van der Waals surface area contributed by atoms with Crippen LogP contribution in [-0.2, 0) is 13.0 Å². The van der Waals surface area contributed by atoms with Gasteiger partial charge < -0.3 is 10.6 Å². The molecule has 24 heavy (non-hydrogen) atoms. The fourth-order valence-electron chi connectivity index (χ4n) is 2.30. The molecular formula is C18H19N5O. The van der Waals surface area contributed by atoms with Crippen molar-refractivity contribution < 1.29 is 4.79 Å². The molecule has 0 saturated heterocycles. The van der Waals surface area contributed by atoms with Crippen LogP contribution in [0.1, 0.15) is 11.1 Å². The Kier molecular flexibility index (Phi) is 5.19. The number of carbonyl (C=O) groups is 1. The minimum Gasteiger partial charge on any atom is -0.338 e. The van der Waals surface area contributed by atoms with Crippen molar-refractivity contribution in [2.24, 2.45) is 0 Å². The first-order valence-corrected chi connectivity index (χ1v) is 7.81. The summed E-state index contributed by atoms with van der Waals surface area (Å²) in [5.41, 5.74) is 3.16. The maximum atomic E-state index is 11.8. The molecule has 2 aromatic heterocycles. The van der Waals surface area contributed by atoms with Crippen molar-refractivity contribution in [2.45, 2.75) is 13.0 Å². The van der Waals surface area contributed by atoms with Crippen molar-refractivity contribution in [3.63, 3.8) is 0 Å². The standard InChI is InChI=1S/C18H19N5O/c24-18(21-14-16-3-1-9-19-13-16)20-11-8-15-4-6-17(7-5-15)23-12-2-10-22-23/h1-7,9-10,12-13H,8,11,14H2,(H2,20,21,24). The Labute approximate surface area is 140 Å². The second-order valence-electron chi connectivity index (χ2n) is 5.34. The van der Waals surface area contributed by atoms with Crippen molar-refractivity contribution >= 4 is 6.03 Å². The van der Waals surface area contributed by atoms with E-state index >= 15 is 0 Å². The molecule has 122 valence electrons. The van der Waals surface area contributed by atoms with Crippen LogP contribution in [0, 0.1) is 0 Å². The average molecular weight is 321 g/mol. The van der Waals surface area contributed by atoms with Gasteiger partial charge >= 0.3 is 6.03 Å². The largest absolute Gasteiger partial charge is 0.338 e. The van der Waals surface area contributed by atoms with Gasteiger partial charge in [-0.2, -0.15) is 5.10 Å². The van der Waals surface area contributed by atoms with Crippen molar-refractivity contribution in [1.29, 1.82) is 0 Å². The van der Waals surface area contributed by atoms with E-state index in [1.54, 1.807) is 18.6 Å². The summed E-state index contributed by atoms with van der Waals surface area (Å²) in [6, 6.07) is 13.6. The number of urea groups is 1. The average Bonchev–Trinajstić information content (AvgIpc) is 3.16. The summed E-state index contributed by atoms with van der Waals surface area (Å²) >= 11 is 0. The number of pyridine rings is 1. The van der Waals surface area contributed by atoms with E-state index in [0.717, 1.165) is 17.7 Å². The molecule has 6 heteroatoms. The lowest BCUT2D eigenvalue weighted by molar-refractivity contribution is 0.240. The Bertz CT molecular complexity index is 754. The highest BCUT2D eigenvalue weighted by molar-refractivity contribution is 5.73. The zero-order chi connectivity index (χ0) is 16.6. The van der Waals surface area contributed by atoms with Gasteiger partial charge in [0.2, 0.25) is 0 Å². The SMILES string of the molecule is O=C(NCCc1ccc(-n2cccn2)cc1)NCc1cccnc1. The molecule has 1 aromatic carbocycles. The van der Waals surface area contributed by atoms with Gasteiger partial charge in [-0.05, 0) is 41.8 Å². The molecule has 0 atom stereocenters. The first-order valence-electron chi connectivity index (χ1n) is 7.81. The molecule has 0 saturated carbocycles. The van der Waals surface area contributed by atoms with E-state index in [9.17, 15) is 4.79 Å². The van der Waals surface area contributed by atoms with Gasteiger partial charge in [0, 0.05) is 37.9 Å². The van der Waals surface area contributed by atoms with Gasteiger partial charge in [0.25, 0.3) is 0 Å². The molecule has 0 bridgehead atoms. The monoisotopic (exact) mass is 321 g/mol. The number of aromatic nitrogens is 3. The normalized spacial score (nSPS) is 10.3. The number of amides is 2. The van der Waals surface area contributed by atoms with Crippen LogP contribution in [0.5, 0.6) is 0 Å². The molecule has 0 unspecified atom stereocenters. The predicted octanol–water partition coefficient (Wildman–Crippen LogP) is 2.31. The van der Waals surface area contributed by atoms with Crippen LogP contribution >= 0.6 is 0 Å². The quantitative estimate of drug-likeness (QED) is 0.732. The van der Waals surface area contributed by atoms with Crippen LogP contribution in [0.3, 0.4) is 0 Å². The Balaban J connectivity index is 1.40. The predicted molar refractivity (Wildman–Crippen MR) is 91.7 cm³/mol. The summed E-state index contributed by atoms with van der Waals surface area (Å²) in [6.45, 7) is 1.05.